The molecule has 3 aromatic rings. The first-order valence-corrected chi connectivity index (χ1v) is 12.3. The summed E-state index contributed by atoms with van der Waals surface area (Å²) in [6.45, 7) is 2.29. The lowest BCUT2D eigenvalue weighted by atomic mass is 10.0. The number of nitro groups is 2. The Morgan fingerprint density at radius 2 is 1.83 bits per heavy atom. The van der Waals surface area contributed by atoms with E-state index in [1.54, 1.807) is 11.7 Å². The van der Waals surface area contributed by atoms with E-state index >= 15 is 0 Å². The van der Waals surface area contributed by atoms with Crippen molar-refractivity contribution in [2.75, 3.05) is 31.3 Å². The number of hydrogen-bond donors (Lipinski definition) is 1. The molecule has 0 spiro atoms. The van der Waals surface area contributed by atoms with Gasteiger partial charge in [-0.3, -0.25) is 35.1 Å². The van der Waals surface area contributed by atoms with Crippen molar-refractivity contribution in [2.45, 2.75) is 24.9 Å². The van der Waals surface area contributed by atoms with Crippen molar-refractivity contribution in [3.8, 4) is 0 Å². The topological polar surface area (TPSA) is 138 Å². The molecule has 3 unspecified atom stereocenters. The fourth-order valence-corrected chi connectivity index (χ4v) is 5.61. The van der Waals surface area contributed by atoms with Gasteiger partial charge in [0.05, 0.1) is 45.6 Å². The highest BCUT2D eigenvalue weighted by atomic mass is 32.1. The molecule has 12 nitrogen and oxygen atoms in total. The van der Waals surface area contributed by atoms with Gasteiger partial charge in [-0.25, -0.2) is 0 Å². The molecule has 3 atom stereocenters. The van der Waals surface area contributed by atoms with E-state index in [4.69, 9.17) is 4.74 Å². The molecule has 0 saturated carbocycles. The Hall–Kier alpha value is -3.49. The zero-order valence-corrected chi connectivity index (χ0v) is 19.9. The van der Waals surface area contributed by atoms with Gasteiger partial charge in [0.15, 0.2) is 0 Å². The molecule has 0 aliphatic carbocycles. The van der Waals surface area contributed by atoms with Gasteiger partial charge in [0.25, 0.3) is 5.69 Å². The summed E-state index contributed by atoms with van der Waals surface area (Å²) < 4.78 is 5.57. The SMILES string of the molecule is O=[N+]([O-])c1ccc(N2C(O)CC(c3ccccc3)N2C(c2cncs2)N2CCOCC2)c([N+](=O)[O-])c1. The van der Waals surface area contributed by atoms with Crippen LogP contribution in [0, 0.1) is 20.2 Å². The number of aliphatic hydroxyl groups is 1. The summed E-state index contributed by atoms with van der Waals surface area (Å²) in [5.74, 6) is 0. The largest absolute Gasteiger partial charge is 0.379 e. The summed E-state index contributed by atoms with van der Waals surface area (Å²) in [6.07, 6.45) is 0.531. The maximum atomic E-state index is 12.0. The Kier molecular flexibility index (Phi) is 6.89. The molecular weight excluding hydrogens is 488 g/mol. The standard InChI is InChI=1S/C23H24N6O6S/c30-22-13-19(16-4-2-1-3-5-16)27(23(21-14-24-15-36-21)25-8-10-35-11-9-25)26(22)18-7-6-17(28(31)32)12-20(18)29(33)34/h1-7,12,14-15,19,22-23,30H,8-11,13H2. The van der Waals surface area contributed by atoms with Crippen LogP contribution in [0.2, 0.25) is 0 Å². The van der Waals surface area contributed by atoms with Crippen LogP contribution < -0.4 is 5.01 Å². The van der Waals surface area contributed by atoms with Gasteiger partial charge in [-0.15, -0.1) is 11.3 Å². The third-order valence-corrected chi connectivity index (χ3v) is 7.25. The van der Waals surface area contributed by atoms with Crippen LogP contribution in [0.4, 0.5) is 17.1 Å². The van der Waals surface area contributed by atoms with E-state index in [9.17, 15) is 25.3 Å². The van der Waals surface area contributed by atoms with Crippen molar-refractivity contribution < 1.29 is 19.7 Å². The second-order valence-electron chi connectivity index (χ2n) is 8.48. The maximum absolute atomic E-state index is 12.0. The van der Waals surface area contributed by atoms with E-state index in [-0.39, 0.29) is 18.2 Å². The minimum Gasteiger partial charge on any atom is -0.379 e. The van der Waals surface area contributed by atoms with Crippen LogP contribution in [0.25, 0.3) is 0 Å². The highest BCUT2D eigenvalue weighted by molar-refractivity contribution is 7.09. The van der Waals surface area contributed by atoms with Crippen LogP contribution in [-0.4, -0.2) is 62.4 Å². The number of hydrogen-bond acceptors (Lipinski definition) is 11. The second kappa shape index (κ2) is 10.2. The highest BCUT2D eigenvalue weighted by Crippen LogP contribution is 2.48. The highest BCUT2D eigenvalue weighted by Gasteiger charge is 2.48. The molecule has 2 saturated heterocycles. The van der Waals surface area contributed by atoms with Crippen LogP contribution in [0.3, 0.4) is 0 Å². The first-order valence-electron chi connectivity index (χ1n) is 11.4. The summed E-state index contributed by atoms with van der Waals surface area (Å²) in [7, 11) is 0. The predicted octanol–water partition coefficient (Wildman–Crippen LogP) is 3.48. The molecule has 5 rings (SSSR count). The summed E-state index contributed by atoms with van der Waals surface area (Å²) in [4.78, 5) is 29.4. The molecule has 0 bridgehead atoms. The van der Waals surface area contributed by atoms with Gasteiger partial charge >= 0.3 is 5.69 Å². The number of morpholine rings is 1. The van der Waals surface area contributed by atoms with Gasteiger partial charge in [0.1, 0.15) is 18.1 Å². The van der Waals surface area contributed by atoms with Crippen molar-refractivity contribution in [3.63, 3.8) is 0 Å². The quantitative estimate of drug-likeness (QED) is 0.370. The van der Waals surface area contributed by atoms with Gasteiger partial charge in [-0.05, 0) is 11.6 Å². The van der Waals surface area contributed by atoms with Gasteiger partial charge in [-0.1, -0.05) is 30.3 Å². The summed E-state index contributed by atoms with van der Waals surface area (Å²) in [5, 5.41) is 38.2. The first-order chi connectivity index (χ1) is 17.5. The third kappa shape index (κ3) is 4.54. The molecule has 2 aliphatic rings. The third-order valence-electron chi connectivity index (χ3n) is 6.43. The van der Waals surface area contributed by atoms with E-state index < -0.39 is 33.6 Å². The van der Waals surface area contributed by atoms with Crippen molar-refractivity contribution in [1.29, 1.82) is 0 Å². The van der Waals surface area contributed by atoms with E-state index in [0.29, 0.717) is 26.3 Å². The zero-order chi connectivity index (χ0) is 25.2. The molecule has 0 amide bonds. The molecule has 13 heteroatoms. The van der Waals surface area contributed by atoms with Crippen LogP contribution in [-0.2, 0) is 4.74 Å². The summed E-state index contributed by atoms with van der Waals surface area (Å²) in [6, 6.07) is 12.8. The fourth-order valence-electron chi connectivity index (χ4n) is 4.87. The normalized spacial score (nSPS) is 22.0. The first kappa shape index (κ1) is 24.2. The molecule has 0 radical (unpaired) electrons. The van der Waals surface area contributed by atoms with E-state index in [2.05, 4.69) is 9.88 Å². The lowest BCUT2D eigenvalue weighted by Crippen LogP contribution is -2.52. The smallest absolute Gasteiger partial charge is 0.300 e. The van der Waals surface area contributed by atoms with Gasteiger partial charge < -0.3 is 9.84 Å². The maximum Gasteiger partial charge on any atom is 0.300 e. The minimum absolute atomic E-state index is 0.0827. The monoisotopic (exact) mass is 512 g/mol. The van der Waals surface area contributed by atoms with Gasteiger partial charge in [0.2, 0.25) is 0 Å². The number of anilines is 1. The van der Waals surface area contributed by atoms with E-state index in [0.717, 1.165) is 16.5 Å². The number of nitrogens with zero attached hydrogens (tertiary/aromatic N) is 6. The Labute approximate surface area is 210 Å². The average molecular weight is 513 g/mol. The molecule has 36 heavy (non-hydrogen) atoms. The molecule has 188 valence electrons. The number of aliphatic hydroxyl groups excluding tert-OH is 1. The van der Waals surface area contributed by atoms with Crippen molar-refractivity contribution >= 4 is 28.4 Å². The lowest BCUT2D eigenvalue weighted by molar-refractivity contribution is -0.393. The number of non-ortho nitro benzene ring substituents is 1. The summed E-state index contributed by atoms with van der Waals surface area (Å²) in [5.41, 5.74) is 1.90. The Bertz CT molecular complexity index is 1220. The van der Waals surface area contributed by atoms with Crippen LogP contribution in [0.1, 0.15) is 29.1 Å². The van der Waals surface area contributed by atoms with E-state index in [1.165, 1.54) is 28.5 Å². The van der Waals surface area contributed by atoms with E-state index in [1.807, 2.05) is 35.3 Å². The minimum atomic E-state index is -1.10. The number of rotatable bonds is 7. The second-order valence-corrected chi connectivity index (χ2v) is 9.40. The Morgan fingerprint density at radius 3 is 2.47 bits per heavy atom. The van der Waals surface area contributed by atoms with Crippen molar-refractivity contribution in [3.05, 3.63) is 90.9 Å². The Morgan fingerprint density at radius 1 is 1.08 bits per heavy atom. The Balaban J connectivity index is 1.68. The number of aromatic nitrogens is 1. The molecule has 1 N–H and O–H groups in total. The number of benzene rings is 2. The van der Waals surface area contributed by atoms with Crippen LogP contribution in [0.15, 0.2) is 60.2 Å². The van der Waals surface area contributed by atoms with Crippen molar-refractivity contribution in [2.24, 2.45) is 0 Å². The number of nitro benzene ring substituents is 2. The molecule has 2 aliphatic heterocycles. The zero-order valence-electron chi connectivity index (χ0n) is 19.1. The van der Waals surface area contributed by atoms with Gasteiger partial charge in [0, 0.05) is 31.8 Å². The van der Waals surface area contributed by atoms with Crippen LogP contribution in [0.5, 0.6) is 0 Å². The van der Waals surface area contributed by atoms with Crippen LogP contribution >= 0.6 is 11.3 Å². The molecule has 1 aromatic heterocycles. The molecular formula is C23H24N6O6S. The number of thiazole rings is 1. The number of hydrazine groups is 1. The lowest BCUT2D eigenvalue weighted by Gasteiger charge is -2.45. The number of ether oxygens (including phenoxy) is 1. The molecule has 2 aromatic carbocycles. The average Bonchev–Trinajstić information content (AvgIpc) is 3.53. The predicted molar refractivity (Wildman–Crippen MR) is 131 cm³/mol. The molecule has 2 fully saturated rings. The van der Waals surface area contributed by atoms with Crippen molar-refractivity contribution in [1.82, 2.24) is 14.9 Å². The molecule has 3 heterocycles. The fraction of sp³-hybridized carbons (Fsp3) is 0.348. The summed E-state index contributed by atoms with van der Waals surface area (Å²) >= 11 is 1.46. The van der Waals surface area contributed by atoms with Gasteiger partial charge in [-0.2, -0.15) is 5.01 Å².